The van der Waals surface area contributed by atoms with Crippen LogP contribution in [0.2, 0.25) is 0 Å². The number of amides is 1. The molecular weight excluding hydrogens is 596 g/mol. The van der Waals surface area contributed by atoms with Gasteiger partial charge in [0.2, 0.25) is 11.7 Å². The maximum absolute atomic E-state index is 12.8. The first kappa shape index (κ1) is 34.0. The van der Waals surface area contributed by atoms with Crippen molar-refractivity contribution in [2.45, 2.75) is 77.7 Å². The van der Waals surface area contributed by atoms with E-state index in [1.165, 1.54) is 18.1 Å². The highest BCUT2D eigenvalue weighted by atomic mass is 16.5. The Balaban J connectivity index is 0.000000199. The van der Waals surface area contributed by atoms with Crippen LogP contribution < -0.4 is 11.5 Å². The van der Waals surface area contributed by atoms with Crippen LogP contribution in [0.3, 0.4) is 0 Å². The topological polar surface area (TPSA) is 167 Å². The molecule has 0 radical (unpaired) electrons. The summed E-state index contributed by atoms with van der Waals surface area (Å²) in [5, 5.41) is 11.4. The molecule has 9 nitrogen and oxygen atoms in total. The number of fused-ring (bicyclic) bond motifs is 5. The van der Waals surface area contributed by atoms with E-state index in [0.717, 1.165) is 25.7 Å². The number of Topliss-reactive ketones (excluding diaryl/α,β-unsaturated/α-hetero) is 1. The summed E-state index contributed by atoms with van der Waals surface area (Å²) < 4.78 is 4.91. The van der Waals surface area contributed by atoms with E-state index in [4.69, 9.17) is 16.2 Å². The van der Waals surface area contributed by atoms with E-state index in [0.29, 0.717) is 47.6 Å². The highest BCUT2D eigenvalue weighted by Crippen LogP contribution is 2.65. The van der Waals surface area contributed by atoms with Crippen LogP contribution in [0, 0.1) is 22.7 Å². The summed E-state index contributed by atoms with van der Waals surface area (Å²) in [5.41, 5.74) is 13.6. The Bertz CT molecular complexity index is 1680. The average molecular weight is 641 g/mol. The Morgan fingerprint density at radius 3 is 2.38 bits per heavy atom. The molecule has 1 amide bonds. The van der Waals surface area contributed by atoms with Gasteiger partial charge in [0.1, 0.15) is 5.60 Å². The predicted octanol–water partition coefficient (Wildman–Crippen LogP) is 4.83. The number of nitrogens with two attached hydrogens (primary N) is 2. The summed E-state index contributed by atoms with van der Waals surface area (Å²) >= 11 is 0. The Kier molecular flexibility index (Phi) is 9.42. The molecule has 6 rings (SSSR count). The van der Waals surface area contributed by atoms with Gasteiger partial charge in [-0.3, -0.25) is 24.0 Å². The summed E-state index contributed by atoms with van der Waals surface area (Å²) in [5.74, 6) is -0.720. The number of primary amides is 1. The minimum atomic E-state index is -1.45. The lowest BCUT2D eigenvalue weighted by molar-refractivity contribution is -0.162. The summed E-state index contributed by atoms with van der Waals surface area (Å²) in [6.07, 6.45) is 9.34. The van der Waals surface area contributed by atoms with Crippen molar-refractivity contribution in [3.63, 3.8) is 0 Å². The number of hydrogen-bond donors (Lipinski definition) is 3. The molecule has 2 fully saturated rings. The van der Waals surface area contributed by atoms with E-state index in [-0.39, 0.29) is 41.7 Å². The molecule has 248 valence electrons. The van der Waals surface area contributed by atoms with Gasteiger partial charge in [-0.25, -0.2) is 0 Å². The minimum absolute atomic E-state index is 0.0295. The molecule has 0 aliphatic heterocycles. The largest absolute Gasteiger partial charge is 0.458 e. The molecule has 0 aromatic heterocycles. The van der Waals surface area contributed by atoms with Crippen LogP contribution in [0.4, 0.5) is 5.69 Å². The summed E-state index contributed by atoms with van der Waals surface area (Å²) in [7, 11) is 0. The maximum Gasteiger partial charge on any atom is 0.303 e. The van der Waals surface area contributed by atoms with Crippen molar-refractivity contribution in [3.05, 3.63) is 88.5 Å². The lowest BCUT2D eigenvalue weighted by atomic mass is 9.50. The zero-order valence-electron chi connectivity index (χ0n) is 27.3. The first-order chi connectivity index (χ1) is 22.2. The number of rotatable bonds is 7. The van der Waals surface area contributed by atoms with Gasteiger partial charge in [0.25, 0.3) is 0 Å². The van der Waals surface area contributed by atoms with Crippen molar-refractivity contribution in [2.24, 2.45) is 28.4 Å². The fourth-order valence-electron chi connectivity index (χ4n) is 8.51. The number of hydrogen-bond acceptors (Lipinski definition) is 8. The highest BCUT2D eigenvalue weighted by molar-refractivity contribution is 6.12. The molecule has 9 heteroatoms. The number of anilines is 1. The van der Waals surface area contributed by atoms with Crippen LogP contribution in [0.25, 0.3) is 0 Å². The quantitative estimate of drug-likeness (QED) is 0.167. The van der Waals surface area contributed by atoms with Gasteiger partial charge in [-0.05, 0) is 68.1 Å². The van der Waals surface area contributed by atoms with Crippen LogP contribution in [0.5, 0.6) is 0 Å². The molecule has 4 aliphatic carbocycles. The summed E-state index contributed by atoms with van der Waals surface area (Å²) in [6.45, 7) is 5.21. The molecular formula is C38H44N2O7. The number of carbonyl (C=O) groups is 5. The molecule has 0 unspecified atom stereocenters. The molecule has 47 heavy (non-hydrogen) atoms. The molecule has 5 N–H and O–H groups in total. The van der Waals surface area contributed by atoms with Crippen molar-refractivity contribution < 1.29 is 33.8 Å². The Hall–Kier alpha value is -4.37. The molecule has 2 aromatic carbocycles. The van der Waals surface area contributed by atoms with E-state index >= 15 is 0 Å². The number of carbonyl (C=O) groups excluding carboxylic acids is 5. The average Bonchev–Trinajstić information content (AvgIpc) is 3.32. The molecule has 0 spiro atoms. The lowest BCUT2D eigenvalue weighted by Gasteiger charge is -2.54. The van der Waals surface area contributed by atoms with Gasteiger partial charge in [-0.1, -0.05) is 73.5 Å². The third-order valence-corrected chi connectivity index (χ3v) is 11.2. The van der Waals surface area contributed by atoms with Crippen molar-refractivity contribution in [1.29, 1.82) is 0 Å². The number of allylic oxidation sites excluding steroid dienone is 4. The van der Waals surface area contributed by atoms with Crippen molar-refractivity contribution in [1.82, 2.24) is 0 Å². The number of benzene rings is 2. The fourth-order valence-corrected chi connectivity index (χ4v) is 8.51. The van der Waals surface area contributed by atoms with Crippen LogP contribution in [0.1, 0.15) is 87.2 Å². The van der Waals surface area contributed by atoms with E-state index in [1.54, 1.807) is 42.5 Å². The number of ketones is 3. The molecule has 2 saturated carbocycles. The first-order valence-corrected chi connectivity index (χ1v) is 16.3. The number of nitrogen functional groups attached to an aromatic ring is 1. The number of para-hydroxylation sites is 1. The second-order valence-electron chi connectivity index (χ2n) is 13.8. The Morgan fingerprint density at radius 1 is 0.979 bits per heavy atom. The smallest absolute Gasteiger partial charge is 0.303 e. The van der Waals surface area contributed by atoms with Crippen molar-refractivity contribution in [2.75, 3.05) is 12.3 Å². The molecule has 0 saturated heterocycles. The Morgan fingerprint density at radius 2 is 1.70 bits per heavy atom. The van der Waals surface area contributed by atoms with E-state index in [1.807, 2.05) is 19.1 Å². The zero-order chi connectivity index (χ0) is 34.1. The van der Waals surface area contributed by atoms with Crippen molar-refractivity contribution in [3.8, 4) is 0 Å². The fraction of sp³-hybridized carbons (Fsp3) is 0.447. The molecule has 2 aromatic rings. The van der Waals surface area contributed by atoms with Gasteiger partial charge < -0.3 is 21.3 Å². The highest BCUT2D eigenvalue weighted by Gasteiger charge is 2.64. The third kappa shape index (κ3) is 6.21. The van der Waals surface area contributed by atoms with E-state index in [2.05, 4.69) is 13.0 Å². The number of ether oxygens (including phenoxy) is 1. The van der Waals surface area contributed by atoms with Crippen LogP contribution >= 0.6 is 0 Å². The number of esters is 1. The van der Waals surface area contributed by atoms with Crippen LogP contribution in [-0.2, 0) is 30.3 Å². The van der Waals surface area contributed by atoms with Crippen LogP contribution in [0.15, 0.2) is 71.8 Å². The standard InChI is InChI=1S/C23H30O5.C15H14N2O2/c1-14(24)28-13-20(26)23(27)11-8-19-17-5-4-15-12-16(25)6-9-21(15,2)18(17)7-10-22(19,23)3;16-13(18)9-11-7-4-8-12(14(11)17)15(19)10-5-2-1-3-6-10/h7,12,17,19,27H,4-6,8-11,13H2,1-3H3;1-8H,9,17H2,(H2,16,18)/t17-,19+,21+,22+,23+;/m1./s1. The monoisotopic (exact) mass is 640 g/mol. The maximum atomic E-state index is 12.8. The molecule has 5 atom stereocenters. The predicted molar refractivity (Wildman–Crippen MR) is 177 cm³/mol. The van der Waals surface area contributed by atoms with Crippen LogP contribution in [-0.4, -0.2) is 46.5 Å². The van der Waals surface area contributed by atoms with Gasteiger partial charge in [-0.15, -0.1) is 0 Å². The van der Waals surface area contributed by atoms with Gasteiger partial charge in [0.05, 0.1) is 6.42 Å². The zero-order valence-corrected chi connectivity index (χ0v) is 27.3. The van der Waals surface area contributed by atoms with Crippen molar-refractivity contribution >= 4 is 34.9 Å². The number of aliphatic hydroxyl groups is 1. The normalized spacial score (nSPS) is 29.1. The minimum Gasteiger partial charge on any atom is -0.458 e. The Labute approximate surface area is 275 Å². The molecule has 0 heterocycles. The van der Waals surface area contributed by atoms with Gasteiger partial charge in [0, 0.05) is 41.0 Å². The van der Waals surface area contributed by atoms with E-state index in [9.17, 15) is 29.1 Å². The molecule has 4 aliphatic rings. The second kappa shape index (κ2) is 13.0. The molecule has 0 bridgehead atoms. The van der Waals surface area contributed by atoms with Gasteiger partial charge >= 0.3 is 5.97 Å². The SMILES string of the molecule is CC(=O)OCC(=O)[C@@]1(O)CC[C@H]2[C@@H]3CCC4=CC(=O)CC[C@]4(C)C3=CC[C@@]21C.NC(=O)Cc1cccc(C(=O)c2ccccc2)c1N. The third-order valence-electron chi connectivity index (χ3n) is 11.2. The second-order valence-corrected chi connectivity index (χ2v) is 13.8. The summed E-state index contributed by atoms with van der Waals surface area (Å²) in [4.78, 5) is 59.1. The van der Waals surface area contributed by atoms with E-state index < -0.39 is 22.9 Å². The first-order valence-electron chi connectivity index (χ1n) is 16.3. The van der Waals surface area contributed by atoms with Gasteiger partial charge in [-0.2, -0.15) is 0 Å². The van der Waals surface area contributed by atoms with Gasteiger partial charge in [0.15, 0.2) is 18.2 Å². The summed E-state index contributed by atoms with van der Waals surface area (Å²) in [6, 6.07) is 13.9. The lowest BCUT2D eigenvalue weighted by Crippen LogP contribution is -2.55.